The van der Waals surface area contributed by atoms with E-state index in [2.05, 4.69) is 21.9 Å². The van der Waals surface area contributed by atoms with E-state index < -0.39 is 0 Å². The first-order chi connectivity index (χ1) is 10.5. The van der Waals surface area contributed by atoms with E-state index in [0.29, 0.717) is 10.7 Å². The summed E-state index contributed by atoms with van der Waals surface area (Å²) in [6.07, 6.45) is 1.50. The summed E-state index contributed by atoms with van der Waals surface area (Å²) in [5.41, 5.74) is 6.54. The molecular formula is C16H17N3O2S. The number of hydrogen-bond acceptors (Lipinski definition) is 4. The second kappa shape index (κ2) is 6.91. The van der Waals surface area contributed by atoms with Crippen LogP contribution in [-0.2, 0) is 0 Å². The topological polar surface area (TPSA) is 76.9 Å². The van der Waals surface area contributed by atoms with Gasteiger partial charge in [-0.2, -0.15) is 5.10 Å². The first-order valence-electron chi connectivity index (χ1n) is 6.65. The maximum atomic E-state index is 9.39. The highest BCUT2D eigenvalue weighted by atomic mass is 32.1. The third-order valence-electron chi connectivity index (χ3n) is 3.01. The Morgan fingerprint density at radius 1 is 1.09 bits per heavy atom. The number of aryl methyl sites for hydroxylation is 2. The highest BCUT2D eigenvalue weighted by Crippen LogP contribution is 2.23. The van der Waals surface area contributed by atoms with Crippen LogP contribution in [0.5, 0.6) is 11.5 Å². The zero-order valence-corrected chi connectivity index (χ0v) is 13.1. The molecule has 114 valence electrons. The van der Waals surface area contributed by atoms with Gasteiger partial charge in [-0.25, -0.2) is 0 Å². The summed E-state index contributed by atoms with van der Waals surface area (Å²) in [6, 6.07) is 10.4. The Morgan fingerprint density at radius 3 is 2.55 bits per heavy atom. The van der Waals surface area contributed by atoms with Crippen molar-refractivity contribution in [1.29, 1.82) is 0 Å². The number of phenols is 2. The summed E-state index contributed by atoms with van der Waals surface area (Å²) in [7, 11) is 0. The Bertz CT molecular complexity index is 729. The summed E-state index contributed by atoms with van der Waals surface area (Å²) in [4.78, 5) is 0. The number of benzene rings is 2. The number of aromatic hydroxyl groups is 2. The van der Waals surface area contributed by atoms with Crippen molar-refractivity contribution in [3.05, 3.63) is 53.1 Å². The predicted octanol–water partition coefficient (Wildman–Crippen LogP) is 3.04. The fourth-order valence-electron chi connectivity index (χ4n) is 1.89. The van der Waals surface area contributed by atoms with Gasteiger partial charge < -0.3 is 15.5 Å². The standard InChI is InChI=1S/C16H17N3O2S/c1-10-3-5-13(11(2)7-10)18-16(22)19-17-9-12-4-6-14(20)15(21)8-12/h3-9,20-21H,1-2H3,(H2,18,19,22)/b17-9+. The van der Waals surface area contributed by atoms with E-state index in [0.717, 1.165) is 11.3 Å². The number of nitrogens with one attached hydrogen (secondary N) is 2. The first kappa shape index (κ1) is 15.8. The Morgan fingerprint density at radius 2 is 1.86 bits per heavy atom. The van der Waals surface area contributed by atoms with Crippen LogP contribution in [0.2, 0.25) is 0 Å². The van der Waals surface area contributed by atoms with E-state index in [1.54, 1.807) is 6.07 Å². The van der Waals surface area contributed by atoms with Crippen LogP contribution >= 0.6 is 12.2 Å². The zero-order valence-electron chi connectivity index (χ0n) is 12.3. The molecule has 0 saturated heterocycles. The van der Waals surface area contributed by atoms with E-state index in [1.165, 1.54) is 23.9 Å². The average molecular weight is 315 g/mol. The van der Waals surface area contributed by atoms with Gasteiger partial charge in [-0.15, -0.1) is 0 Å². The molecule has 0 atom stereocenters. The summed E-state index contributed by atoms with van der Waals surface area (Å²) in [5, 5.41) is 26.0. The van der Waals surface area contributed by atoms with Gasteiger partial charge >= 0.3 is 0 Å². The third-order valence-corrected chi connectivity index (χ3v) is 3.20. The van der Waals surface area contributed by atoms with Gasteiger partial charge in [0.05, 0.1) is 6.21 Å². The van der Waals surface area contributed by atoms with Gasteiger partial charge in [0.15, 0.2) is 16.6 Å². The van der Waals surface area contributed by atoms with Gasteiger partial charge in [0.1, 0.15) is 0 Å². The van der Waals surface area contributed by atoms with Gasteiger partial charge in [0, 0.05) is 5.69 Å². The Hall–Kier alpha value is -2.60. The minimum atomic E-state index is -0.195. The number of rotatable bonds is 3. The molecule has 0 aliphatic carbocycles. The number of hydrogen-bond donors (Lipinski definition) is 4. The van der Waals surface area contributed by atoms with E-state index in [-0.39, 0.29) is 11.5 Å². The average Bonchev–Trinajstić information content (AvgIpc) is 2.46. The van der Waals surface area contributed by atoms with Crippen LogP contribution in [0.4, 0.5) is 5.69 Å². The summed E-state index contributed by atoms with van der Waals surface area (Å²) in [6.45, 7) is 4.03. The lowest BCUT2D eigenvalue weighted by molar-refractivity contribution is 0.403. The molecule has 2 aromatic rings. The molecule has 4 N–H and O–H groups in total. The molecular weight excluding hydrogens is 298 g/mol. The zero-order chi connectivity index (χ0) is 16.1. The van der Waals surface area contributed by atoms with Crippen molar-refractivity contribution in [2.75, 3.05) is 5.32 Å². The lowest BCUT2D eigenvalue weighted by atomic mass is 10.1. The highest BCUT2D eigenvalue weighted by molar-refractivity contribution is 7.80. The number of phenolic OH excluding ortho intramolecular Hbond substituents is 2. The fourth-order valence-corrected chi connectivity index (χ4v) is 2.05. The molecule has 0 spiro atoms. The summed E-state index contributed by atoms with van der Waals surface area (Å²) >= 11 is 5.17. The summed E-state index contributed by atoms with van der Waals surface area (Å²) in [5.74, 6) is -0.364. The van der Waals surface area contributed by atoms with Crippen molar-refractivity contribution in [1.82, 2.24) is 5.43 Å². The quantitative estimate of drug-likeness (QED) is 0.303. The molecule has 0 fully saturated rings. The SMILES string of the molecule is Cc1ccc(NC(=S)N/N=C/c2ccc(O)c(O)c2)c(C)c1. The molecule has 2 aromatic carbocycles. The largest absolute Gasteiger partial charge is 0.504 e. The molecule has 6 heteroatoms. The second-order valence-corrected chi connectivity index (χ2v) is 5.30. The molecule has 0 aliphatic heterocycles. The monoisotopic (exact) mass is 315 g/mol. The van der Waals surface area contributed by atoms with Gasteiger partial charge in [-0.1, -0.05) is 17.7 Å². The van der Waals surface area contributed by atoms with Gasteiger partial charge in [0.25, 0.3) is 0 Å². The molecule has 0 amide bonds. The van der Waals surface area contributed by atoms with Crippen molar-refractivity contribution in [3.63, 3.8) is 0 Å². The van der Waals surface area contributed by atoms with Crippen LogP contribution < -0.4 is 10.7 Å². The molecule has 22 heavy (non-hydrogen) atoms. The molecule has 0 saturated carbocycles. The smallest absolute Gasteiger partial charge is 0.191 e. The van der Waals surface area contributed by atoms with Crippen molar-refractivity contribution in [3.8, 4) is 11.5 Å². The number of hydrazone groups is 1. The second-order valence-electron chi connectivity index (χ2n) is 4.89. The fraction of sp³-hybridized carbons (Fsp3) is 0.125. The van der Waals surface area contributed by atoms with Crippen LogP contribution in [0.25, 0.3) is 0 Å². The van der Waals surface area contributed by atoms with Gasteiger partial charge in [-0.05, 0) is 61.5 Å². The predicted molar refractivity (Wildman–Crippen MR) is 92.6 cm³/mol. The molecule has 0 aromatic heterocycles. The molecule has 0 radical (unpaired) electrons. The van der Waals surface area contributed by atoms with E-state index in [9.17, 15) is 10.2 Å². The molecule has 0 heterocycles. The lowest BCUT2D eigenvalue weighted by Crippen LogP contribution is -2.24. The minimum absolute atomic E-state index is 0.169. The Balaban J connectivity index is 1.94. The van der Waals surface area contributed by atoms with E-state index in [4.69, 9.17) is 12.2 Å². The van der Waals surface area contributed by atoms with Crippen molar-refractivity contribution in [2.45, 2.75) is 13.8 Å². The van der Waals surface area contributed by atoms with Crippen LogP contribution in [0.15, 0.2) is 41.5 Å². The van der Waals surface area contributed by atoms with Crippen molar-refractivity contribution < 1.29 is 10.2 Å². The van der Waals surface area contributed by atoms with E-state index in [1.807, 2.05) is 26.0 Å². The highest BCUT2D eigenvalue weighted by Gasteiger charge is 2.01. The maximum Gasteiger partial charge on any atom is 0.191 e. The van der Waals surface area contributed by atoms with Crippen LogP contribution in [-0.4, -0.2) is 21.5 Å². The maximum absolute atomic E-state index is 9.39. The Labute approximate surface area is 134 Å². The first-order valence-corrected chi connectivity index (χ1v) is 7.06. The minimum Gasteiger partial charge on any atom is -0.504 e. The Kier molecular flexibility index (Phi) is 4.95. The number of nitrogens with zero attached hydrogens (tertiary/aromatic N) is 1. The number of thiocarbonyl (C=S) groups is 1. The summed E-state index contributed by atoms with van der Waals surface area (Å²) < 4.78 is 0. The van der Waals surface area contributed by atoms with Gasteiger partial charge in [0.2, 0.25) is 0 Å². The van der Waals surface area contributed by atoms with Crippen molar-refractivity contribution in [2.24, 2.45) is 5.10 Å². The van der Waals surface area contributed by atoms with E-state index >= 15 is 0 Å². The van der Waals surface area contributed by atoms with Crippen molar-refractivity contribution >= 4 is 29.2 Å². The van der Waals surface area contributed by atoms with Gasteiger partial charge in [-0.3, -0.25) is 5.43 Å². The number of anilines is 1. The van der Waals surface area contributed by atoms with Crippen LogP contribution in [0.1, 0.15) is 16.7 Å². The molecule has 2 rings (SSSR count). The van der Waals surface area contributed by atoms with Crippen LogP contribution in [0.3, 0.4) is 0 Å². The molecule has 5 nitrogen and oxygen atoms in total. The molecule has 0 bridgehead atoms. The molecule has 0 unspecified atom stereocenters. The van der Waals surface area contributed by atoms with Crippen LogP contribution in [0, 0.1) is 13.8 Å². The normalized spacial score (nSPS) is 10.6. The third kappa shape index (κ3) is 4.20. The molecule has 0 aliphatic rings. The lowest BCUT2D eigenvalue weighted by Gasteiger charge is -2.10.